The zero-order valence-corrected chi connectivity index (χ0v) is 9.47. The van der Waals surface area contributed by atoms with Crippen molar-refractivity contribution >= 4 is 39.3 Å². The van der Waals surface area contributed by atoms with Crippen molar-refractivity contribution in [3.8, 4) is 0 Å². The Balaban J connectivity index is 2.65. The van der Waals surface area contributed by atoms with Crippen LogP contribution in [0.2, 0.25) is 0 Å². The number of imidazole rings is 1. The molecule has 0 aliphatic heterocycles. The molecule has 14 heavy (non-hydrogen) atoms. The van der Waals surface area contributed by atoms with Crippen LogP contribution in [0, 0.1) is 3.70 Å². The van der Waals surface area contributed by atoms with Crippen molar-refractivity contribution in [2.24, 2.45) is 0 Å². The van der Waals surface area contributed by atoms with E-state index in [1.165, 1.54) is 9.22 Å². The van der Waals surface area contributed by atoms with Crippen molar-refractivity contribution in [2.75, 3.05) is 0 Å². The zero-order chi connectivity index (χ0) is 9.54. The lowest BCUT2D eigenvalue weighted by Gasteiger charge is -1.97. The topological polar surface area (TPSA) is 17.3 Å². The third-order valence-corrected chi connectivity index (χ3v) is 3.12. The monoisotopic (exact) mass is 294 g/mol. The smallest absolute Gasteiger partial charge is 0.138 e. The van der Waals surface area contributed by atoms with Crippen LogP contribution in [0.5, 0.6) is 0 Å². The molecule has 0 spiro atoms. The standard InChI is InChI=1S/C11H7IN2/c12-10-6-3-7-11-13-8-4-1-2-5-9(8)14(10)11/h1-7H. The lowest BCUT2D eigenvalue weighted by atomic mass is 10.3. The summed E-state index contributed by atoms with van der Waals surface area (Å²) in [5, 5.41) is 0. The van der Waals surface area contributed by atoms with Crippen molar-refractivity contribution < 1.29 is 0 Å². The molecule has 2 aromatic heterocycles. The van der Waals surface area contributed by atoms with Crippen LogP contribution in [0.1, 0.15) is 0 Å². The van der Waals surface area contributed by atoms with E-state index >= 15 is 0 Å². The molecule has 68 valence electrons. The van der Waals surface area contributed by atoms with E-state index in [9.17, 15) is 0 Å². The van der Waals surface area contributed by atoms with Crippen LogP contribution >= 0.6 is 22.6 Å². The Bertz CT molecular complexity index is 613. The zero-order valence-electron chi connectivity index (χ0n) is 7.31. The number of rotatable bonds is 0. The second kappa shape index (κ2) is 2.95. The summed E-state index contributed by atoms with van der Waals surface area (Å²) >= 11 is 2.33. The summed E-state index contributed by atoms with van der Waals surface area (Å²) < 4.78 is 3.35. The maximum atomic E-state index is 4.53. The van der Waals surface area contributed by atoms with Crippen LogP contribution in [0.15, 0.2) is 42.5 Å². The van der Waals surface area contributed by atoms with Crippen molar-refractivity contribution in [3.63, 3.8) is 0 Å². The SMILES string of the molecule is Ic1cccc2nc3ccccc3n12. The van der Waals surface area contributed by atoms with E-state index in [0.717, 1.165) is 11.2 Å². The van der Waals surface area contributed by atoms with Gasteiger partial charge in [-0.05, 0) is 46.9 Å². The molecule has 1 aromatic carbocycles. The molecule has 3 aromatic rings. The molecular weight excluding hydrogens is 287 g/mol. The third kappa shape index (κ3) is 1.05. The van der Waals surface area contributed by atoms with Gasteiger partial charge in [-0.2, -0.15) is 0 Å². The highest BCUT2D eigenvalue weighted by Crippen LogP contribution is 2.18. The number of aromatic nitrogens is 2. The number of benzene rings is 1. The molecule has 2 heterocycles. The van der Waals surface area contributed by atoms with Gasteiger partial charge in [-0.25, -0.2) is 4.98 Å². The molecule has 3 heteroatoms. The molecule has 2 nitrogen and oxygen atoms in total. The molecule has 0 bridgehead atoms. The molecule has 0 aliphatic rings. The van der Waals surface area contributed by atoms with E-state index < -0.39 is 0 Å². The highest BCUT2D eigenvalue weighted by Gasteiger charge is 2.04. The molecule has 0 radical (unpaired) electrons. The second-order valence-electron chi connectivity index (χ2n) is 3.14. The van der Waals surface area contributed by atoms with Crippen molar-refractivity contribution in [1.29, 1.82) is 0 Å². The third-order valence-electron chi connectivity index (χ3n) is 2.28. The first-order valence-electron chi connectivity index (χ1n) is 4.38. The predicted molar refractivity (Wildman–Crippen MR) is 65.4 cm³/mol. The fourth-order valence-electron chi connectivity index (χ4n) is 1.67. The summed E-state index contributed by atoms with van der Waals surface area (Å²) in [5.74, 6) is 0. The first-order valence-corrected chi connectivity index (χ1v) is 5.46. The highest BCUT2D eigenvalue weighted by atomic mass is 127. The van der Waals surface area contributed by atoms with Crippen molar-refractivity contribution in [1.82, 2.24) is 9.38 Å². The molecule has 0 saturated heterocycles. The Labute approximate surface area is 94.7 Å². The molecular formula is C11H7IN2. The molecule has 3 rings (SSSR count). The Hall–Kier alpha value is -1.10. The normalized spacial score (nSPS) is 11.2. The summed E-state index contributed by atoms with van der Waals surface area (Å²) in [4.78, 5) is 4.53. The predicted octanol–water partition coefficient (Wildman–Crippen LogP) is 3.09. The van der Waals surface area contributed by atoms with Gasteiger partial charge >= 0.3 is 0 Å². The van der Waals surface area contributed by atoms with E-state index in [-0.39, 0.29) is 0 Å². The highest BCUT2D eigenvalue weighted by molar-refractivity contribution is 14.1. The molecule has 0 fully saturated rings. The van der Waals surface area contributed by atoms with Crippen LogP contribution in [0.3, 0.4) is 0 Å². The van der Waals surface area contributed by atoms with Crippen molar-refractivity contribution in [3.05, 3.63) is 46.2 Å². The van der Waals surface area contributed by atoms with Gasteiger partial charge < -0.3 is 0 Å². The second-order valence-corrected chi connectivity index (χ2v) is 4.25. The summed E-state index contributed by atoms with van der Waals surface area (Å²) in [7, 11) is 0. The van der Waals surface area contributed by atoms with Gasteiger partial charge in [0.25, 0.3) is 0 Å². The van der Waals surface area contributed by atoms with Crippen molar-refractivity contribution in [2.45, 2.75) is 0 Å². The van der Waals surface area contributed by atoms with Crippen LogP contribution in [-0.2, 0) is 0 Å². The quantitative estimate of drug-likeness (QED) is 0.460. The fourth-order valence-corrected chi connectivity index (χ4v) is 2.38. The fraction of sp³-hybridized carbons (Fsp3) is 0. The van der Waals surface area contributed by atoms with Gasteiger partial charge in [0.05, 0.1) is 14.7 Å². The van der Waals surface area contributed by atoms with Gasteiger partial charge in [0.2, 0.25) is 0 Å². The first-order chi connectivity index (χ1) is 6.86. The lowest BCUT2D eigenvalue weighted by molar-refractivity contribution is 1.18. The van der Waals surface area contributed by atoms with Gasteiger partial charge in [-0.3, -0.25) is 4.40 Å². The number of hydrogen-bond acceptors (Lipinski definition) is 1. The minimum Gasteiger partial charge on any atom is -0.287 e. The summed E-state index contributed by atoms with van der Waals surface area (Å²) in [5.41, 5.74) is 3.24. The van der Waals surface area contributed by atoms with Gasteiger partial charge in [-0.1, -0.05) is 18.2 Å². The number of hydrogen-bond donors (Lipinski definition) is 0. The van der Waals surface area contributed by atoms with Gasteiger partial charge in [0, 0.05) is 0 Å². The van der Waals surface area contributed by atoms with Gasteiger partial charge in [-0.15, -0.1) is 0 Å². The number of fused-ring (bicyclic) bond motifs is 3. The summed E-state index contributed by atoms with van der Waals surface area (Å²) in [6, 6.07) is 14.3. The van der Waals surface area contributed by atoms with Gasteiger partial charge in [0.1, 0.15) is 5.65 Å². The maximum absolute atomic E-state index is 4.53. The molecule has 0 atom stereocenters. The van der Waals surface area contributed by atoms with E-state index in [4.69, 9.17) is 0 Å². The van der Waals surface area contributed by atoms with Crippen LogP contribution in [0.4, 0.5) is 0 Å². The van der Waals surface area contributed by atoms with E-state index in [1.54, 1.807) is 0 Å². The minimum absolute atomic E-state index is 1.01. The lowest BCUT2D eigenvalue weighted by Crippen LogP contribution is -1.88. The number of nitrogens with zero attached hydrogens (tertiary/aromatic N) is 2. The summed E-state index contributed by atoms with van der Waals surface area (Å²) in [6.45, 7) is 0. The van der Waals surface area contributed by atoms with E-state index in [0.29, 0.717) is 0 Å². The number of para-hydroxylation sites is 2. The molecule has 0 N–H and O–H groups in total. The van der Waals surface area contributed by atoms with E-state index in [1.807, 2.05) is 30.3 Å². The molecule has 0 saturated carbocycles. The molecule has 0 amide bonds. The van der Waals surface area contributed by atoms with Crippen LogP contribution < -0.4 is 0 Å². The van der Waals surface area contributed by atoms with Crippen LogP contribution in [0.25, 0.3) is 16.7 Å². The minimum atomic E-state index is 1.01. The first kappa shape index (κ1) is 8.23. The maximum Gasteiger partial charge on any atom is 0.138 e. The number of pyridine rings is 1. The average Bonchev–Trinajstić information content (AvgIpc) is 2.57. The van der Waals surface area contributed by atoms with Crippen LogP contribution in [-0.4, -0.2) is 9.38 Å². The van der Waals surface area contributed by atoms with Gasteiger partial charge in [0.15, 0.2) is 0 Å². The summed E-state index contributed by atoms with van der Waals surface area (Å²) in [6.07, 6.45) is 0. The number of halogens is 1. The Morgan fingerprint density at radius 1 is 1.00 bits per heavy atom. The average molecular weight is 294 g/mol. The van der Waals surface area contributed by atoms with E-state index in [2.05, 4.69) is 44.1 Å². The Kier molecular flexibility index (Phi) is 1.73. The molecule has 0 unspecified atom stereocenters. The largest absolute Gasteiger partial charge is 0.287 e. The Morgan fingerprint density at radius 2 is 1.86 bits per heavy atom. The Morgan fingerprint density at radius 3 is 2.79 bits per heavy atom. The molecule has 0 aliphatic carbocycles.